The number of nitrogens with one attached hydrogen (secondary N) is 2. The maximum atomic E-state index is 12.6. The molecule has 132 valence electrons. The van der Waals surface area contributed by atoms with E-state index in [9.17, 15) is 22.8 Å². The number of rotatable bonds is 5. The van der Waals surface area contributed by atoms with Gasteiger partial charge in [0.1, 0.15) is 0 Å². The fourth-order valence-electron chi connectivity index (χ4n) is 2.62. The summed E-state index contributed by atoms with van der Waals surface area (Å²) in [6.07, 6.45) is -3.66. The van der Waals surface area contributed by atoms with E-state index in [2.05, 4.69) is 15.5 Å². The largest absolute Gasteiger partial charge is 0.416 e. The average molecular weight is 343 g/mol. The Morgan fingerprint density at radius 3 is 2.71 bits per heavy atom. The zero-order valence-electron chi connectivity index (χ0n) is 13.3. The minimum atomic E-state index is -4.51. The van der Waals surface area contributed by atoms with Crippen LogP contribution in [0.3, 0.4) is 0 Å². The molecule has 2 rings (SSSR count). The second-order valence-electron chi connectivity index (χ2n) is 5.71. The van der Waals surface area contributed by atoms with E-state index in [0.29, 0.717) is 0 Å². The molecule has 2 N–H and O–H groups in total. The van der Waals surface area contributed by atoms with Crippen LogP contribution in [0.5, 0.6) is 0 Å². The number of hydrogen-bond donors (Lipinski definition) is 2. The van der Waals surface area contributed by atoms with Crippen LogP contribution in [-0.4, -0.2) is 48.9 Å². The highest BCUT2D eigenvalue weighted by molar-refractivity contribution is 5.96. The van der Waals surface area contributed by atoms with E-state index >= 15 is 0 Å². The number of likely N-dealkylation sites (tertiary alicyclic amines) is 1. The highest BCUT2D eigenvalue weighted by Gasteiger charge is 2.31. The van der Waals surface area contributed by atoms with Crippen molar-refractivity contribution in [3.63, 3.8) is 0 Å². The smallest absolute Gasteiger partial charge is 0.350 e. The summed E-state index contributed by atoms with van der Waals surface area (Å²) in [5.74, 6) is -1.06. The van der Waals surface area contributed by atoms with Gasteiger partial charge in [-0.3, -0.25) is 9.59 Å². The molecule has 1 saturated heterocycles. The van der Waals surface area contributed by atoms with Crippen molar-refractivity contribution in [3.8, 4) is 0 Å². The lowest BCUT2D eigenvalue weighted by atomic mass is 10.1. The maximum absolute atomic E-state index is 12.6. The van der Waals surface area contributed by atoms with Crippen molar-refractivity contribution >= 4 is 11.8 Å². The second-order valence-corrected chi connectivity index (χ2v) is 5.71. The van der Waals surface area contributed by atoms with Crippen LogP contribution in [0.2, 0.25) is 0 Å². The quantitative estimate of drug-likeness (QED) is 0.855. The summed E-state index contributed by atoms with van der Waals surface area (Å²) >= 11 is 0. The first kappa shape index (κ1) is 18.3. The molecule has 24 heavy (non-hydrogen) atoms. The van der Waals surface area contributed by atoms with Crippen LogP contribution in [0.4, 0.5) is 13.2 Å². The van der Waals surface area contributed by atoms with Gasteiger partial charge in [0.15, 0.2) is 0 Å². The van der Waals surface area contributed by atoms with E-state index in [-0.39, 0.29) is 24.1 Å². The van der Waals surface area contributed by atoms with Gasteiger partial charge in [-0.2, -0.15) is 13.2 Å². The molecule has 5 nitrogen and oxygen atoms in total. The minimum Gasteiger partial charge on any atom is -0.350 e. The fourth-order valence-corrected chi connectivity index (χ4v) is 2.62. The summed E-state index contributed by atoms with van der Waals surface area (Å²) in [5, 5.41) is 5.15. The van der Waals surface area contributed by atoms with Crippen molar-refractivity contribution in [2.75, 3.05) is 26.2 Å². The number of benzene rings is 1. The Bertz CT molecular complexity index is 604. The summed E-state index contributed by atoms with van der Waals surface area (Å²) in [4.78, 5) is 25.9. The van der Waals surface area contributed by atoms with Crippen LogP contribution in [0.1, 0.15) is 29.3 Å². The lowest BCUT2D eigenvalue weighted by molar-refractivity contribution is -0.137. The van der Waals surface area contributed by atoms with Gasteiger partial charge in [0.05, 0.1) is 12.1 Å². The zero-order chi connectivity index (χ0) is 17.7. The van der Waals surface area contributed by atoms with E-state index in [1.807, 2.05) is 6.92 Å². The Kier molecular flexibility index (Phi) is 5.82. The SMILES string of the molecule is CCN1CCC(NC(=O)CNC(=O)c2cccc(C(F)(F)F)c2)C1. The monoisotopic (exact) mass is 343 g/mol. The highest BCUT2D eigenvalue weighted by Crippen LogP contribution is 2.29. The van der Waals surface area contributed by atoms with Gasteiger partial charge in [-0.05, 0) is 31.2 Å². The van der Waals surface area contributed by atoms with Crippen LogP contribution < -0.4 is 10.6 Å². The van der Waals surface area contributed by atoms with Gasteiger partial charge in [-0.1, -0.05) is 13.0 Å². The summed E-state index contributed by atoms with van der Waals surface area (Å²) in [6, 6.07) is 4.14. The molecule has 0 aliphatic carbocycles. The van der Waals surface area contributed by atoms with Crippen LogP contribution >= 0.6 is 0 Å². The predicted octanol–water partition coefficient (Wildman–Crippen LogP) is 1.65. The normalized spacial score (nSPS) is 18.4. The first-order valence-corrected chi connectivity index (χ1v) is 7.76. The first-order valence-electron chi connectivity index (χ1n) is 7.76. The van der Waals surface area contributed by atoms with Crippen molar-refractivity contribution in [1.82, 2.24) is 15.5 Å². The molecule has 1 atom stereocenters. The number of carbonyl (C=O) groups excluding carboxylic acids is 2. The second kappa shape index (κ2) is 7.65. The van der Waals surface area contributed by atoms with Crippen molar-refractivity contribution in [2.45, 2.75) is 25.6 Å². The van der Waals surface area contributed by atoms with Gasteiger partial charge in [0, 0.05) is 24.7 Å². The molecular formula is C16H20F3N3O2. The summed E-state index contributed by atoms with van der Waals surface area (Å²) < 4.78 is 37.9. The van der Waals surface area contributed by atoms with Crippen molar-refractivity contribution in [3.05, 3.63) is 35.4 Å². The van der Waals surface area contributed by atoms with E-state index < -0.39 is 17.6 Å². The molecule has 8 heteroatoms. The van der Waals surface area contributed by atoms with Gasteiger partial charge < -0.3 is 15.5 Å². The molecule has 1 aliphatic heterocycles. The van der Waals surface area contributed by atoms with Gasteiger partial charge in [0.25, 0.3) is 5.91 Å². The maximum Gasteiger partial charge on any atom is 0.416 e. The Labute approximate surface area is 138 Å². The Morgan fingerprint density at radius 2 is 2.08 bits per heavy atom. The third kappa shape index (κ3) is 4.95. The first-order chi connectivity index (χ1) is 11.3. The fraction of sp³-hybridized carbons (Fsp3) is 0.500. The minimum absolute atomic E-state index is 0.0444. The van der Waals surface area contributed by atoms with Crippen molar-refractivity contribution < 1.29 is 22.8 Å². The van der Waals surface area contributed by atoms with Gasteiger partial charge in [0.2, 0.25) is 5.91 Å². The zero-order valence-corrected chi connectivity index (χ0v) is 13.3. The molecule has 1 aliphatic rings. The summed E-state index contributed by atoms with van der Waals surface area (Å²) in [5.41, 5.74) is -1.03. The number of halogens is 3. The molecule has 1 aromatic rings. The third-order valence-electron chi connectivity index (χ3n) is 3.95. The number of likely N-dealkylation sites (N-methyl/N-ethyl adjacent to an activating group) is 1. The van der Waals surface area contributed by atoms with Crippen molar-refractivity contribution in [1.29, 1.82) is 0 Å². The van der Waals surface area contributed by atoms with Crippen LogP contribution in [0, 0.1) is 0 Å². The summed E-state index contributed by atoms with van der Waals surface area (Å²) in [6.45, 7) is 4.37. The molecule has 1 fully saturated rings. The van der Waals surface area contributed by atoms with Crippen molar-refractivity contribution in [2.24, 2.45) is 0 Å². The number of carbonyl (C=O) groups is 2. The van der Waals surface area contributed by atoms with E-state index in [0.717, 1.165) is 44.3 Å². The van der Waals surface area contributed by atoms with Gasteiger partial charge in [-0.15, -0.1) is 0 Å². The topological polar surface area (TPSA) is 61.4 Å². The molecule has 0 bridgehead atoms. The lowest BCUT2D eigenvalue weighted by Crippen LogP contribution is -2.43. The van der Waals surface area contributed by atoms with Gasteiger partial charge >= 0.3 is 6.18 Å². The Hall–Kier alpha value is -2.09. The number of amides is 2. The molecule has 2 amide bonds. The van der Waals surface area contributed by atoms with Crippen LogP contribution in [0.15, 0.2) is 24.3 Å². The molecule has 0 radical (unpaired) electrons. The standard InChI is InChI=1S/C16H20F3N3O2/c1-2-22-7-6-13(10-22)21-14(23)9-20-15(24)11-4-3-5-12(8-11)16(17,18)19/h3-5,8,13H,2,6-7,9-10H2,1H3,(H,20,24)(H,21,23). The van der Waals surface area contributed by atoms with E-state index in [1.165, 1.54) is 6.07 Å². The Morgan fingerprint density at radius 1 is 1.33 bits per heavy atom. The summed E-state index contributed by atoms with van der Waals surface area (Å²) in [7, 11) is 0. The number of alkyl halides is 3. The molecule has 0 spiro atoms. The average Bonchev–Trinajstić information content (AvgIpc) is 2.99. The molecule has 1 unspecified atom stereocenters. The molecule has 1 aromatic carbocycles. The van der Waals surface area contributed by atoms with E-state index in [1.54, 1.807) is 0 Å². The number of nitrogens with zero attached hydrogens (tertiary/aromatic N) is 1. The Balaban J connectivity index is 1.84. The van der Waals surface area contributed by atoms with Crippen LogP contribution in [0.25, 0.3) is 0 Å². The van der Waals surface area contributed by atoms with E-state index in [4.69, 9.17) is 0 Å². The molecule has 1 heterocycles. The highest BCUT2D eigenvalue weighted by atomic mass is 19.4. The molecular weight excluding hydrogens is 323 g/mol. The predicted molar refractivity (Wildman–Crippen MR) is 82.4 cm³/mol. The van der Waals surface area contributed by atoms with Gasteiger partial charge in [-0.25, -0.2) is 0 Å². The molecule has 0 aromatic heterocycles. The third-order valence-corrected chi connectivity index (χ3v) is 3.95. The van der Waals surface area contributed by atoms with Crippen LogP contribution in [-0.2, 0) is 11.0 Å². The number of hydrogen-bond acceptors (Lipinski definition) is 3. The lowest BCUT2D eigenvalue weighted by Gasteiger charge is -2.15. The molecule has 0 saturated carbocycles.